The molecule has 0 N–H and O–H groups in total. The van der Waals surface area contributed by atoms with E-state index in [1.165, 1.54) is 6.33 Å². The van der Waals surface area contributed by atoms with Gasteiger partial charge in [-0.25, -0.2) is 4.98 Å². The third kappa shape index (κ3) is 6.04. The van der Waals surface area contributed by atoms with Crippen molar-refractivity contribution in [3.8, 4) is 11.6 Å². The summed E-state index contributed by atoms with van der Waals surface area (Å²) in [6, 6.07) is 27.7. The number of aromatic nitrogens is 2. The molecule has 0 fully saturated rings. The van der Waals surface area contributed by atoms with Gasteiger partial charge in [-0.05, 0) is 23.6 Å². The van der Waals surface area contributed by atoms with E-state index in [9.17, 15) is 4.79 Å². The van der Waals surface area contributed by atoms with Gasteiger partial charge >= 0.3 is 0 Å². The average molecular weight is 439 g/mol. The molecule has 166 valence electrons. The predicted molar refractivity (Wildman–Crippen MR) is 127 cm³/mol. The molecule has 0 spiro atoms. The molecule has 5 heteroatoms. The Morgan fingerprint density at radius 3 is 2.00 bits per heavy atom. The highest BCUT2D eigenvalue weighted by molar-refractivity contribution is 5.63. The van der Waals surface area contributed by atoms with Crippen LogP contribution in [0.1, 0.15) is 33.9 Å². The SMILES string of the molecule is Cc1ccc([C@@H](C=O)Cc2ncnc(OCc3ccccc3)c2OCc2ccccc2)cc1. The van der Waals surface area contributed by atoms with Crippen molar-refractivity contribution in [2.75, 3.05) is 0 Å². The van der Waals surface area contributed by atoms with E-state index < -0.39 is 0 Å². The third-order valence-corrected chi connectivity index (χ3v) is 5.37. The monoisotopic (exact) mass is 438 g/mol. The van der Waals surface area contributed by atoms with Crippen molar-refractivity contribution in [1.29, 1.82) is 0 Å². The Kier molecular flexibility index (Phi) is 7.44. The lowest BCUT2D eigenvalue weighted by molar-refractivity contribution is -0.109. The Hall–Kier alpha value is -3.99. The standard InChI is InChI=1S/C28H26N2O3/c1-21-12-14-24(15-13-21)25(17-31)16-26-27(32-18-22-8-4-2-5-9-22)28(30-20-29-26)33-19-23-10-6-3-7-11-23/h2-15,17,20,25H,16,18-19H2,1H3/t25-/m1/s1. The zero-order valence-electron chi connectivity index (χ0n) is 18.6. The van der Waals surface area contributed by atoms with E-state index in [2.05, 4.69) is 9.97 Å². The fraction of sp³-hybridized carbons (Fsp3) is 0.179. The summed E-state index contributed by atoms with van der Waals surface area (Å²) in [4.78, 5) is 20.8. The topological polar surface area (TPSA) is 61.3 Å². The van der Waals surface area contributed by atoms with Gasteiger partial charge in [0, 0.05) is 12.3 Å². The minimum absolute atomic E-state index is 0.346. The van der Waals surface area contributed by atoms with Crippen LogP contribution in [0.2, 0.25) is 0 Å². The zero-order chi connectivity index (χ0) is 22.9. The summed E-state index contributed by atoms with van der Waals surface area (Å²) < 4.78 is 12.2. The van der Waals surface area contributed by atoms with Crippen LogP contribution in [0.3, 0.4) is 0 Å². The van der Waals surface area contributed by atoms with Crippen molar-refractivity contribution in [3.05, 3.63) is 119 Å². The molecule has 5 nitrogen and oxygen atoms in total. The molecule has 4 aromatic rings. The Labute approximate surface area is 194 Å². The number of carbonyl (C=O) groups is 1. The molecule has 4 rings (SSSR count). The van der Waals surface area contributed by atoms with Gasteiger partial charge in [-0.3, -0.25) is 0 Å². The maximum Gasteiger partial charge on any atom is 0.260 e. The first-order valence-electron chi connectivity index (χ1n) is 10.9. The molecule has 0 amide bonds. The number of carbonyl (C=O) groups excluding carboxylic acids is 1. The first-order chi connectivity index (χ1) is 16.2. The molecule has 1 aromatic heterocycles. The maximum atomic E-state index is 12.0. The lowest BCUT2D eigenvalue weighted by atomic mass is 9.94. The van der Waals surface area contributed by atoms with Crippen molar-refractivity contribution in [2.24, 2.45) is 0 Å². The second-order valence-corrected chi connectivity index (χ2v) is 7.86. The van der Waals surface area contributed by atoms with Gasteiger partial charge in [-0.15, -0.1) is 0 Å². The lowest BCUT2D eigenvalue weighted by Gasteiger charge is -2.17. The molecule has 0 radical (unpaired) electrons. The van der Waals surface area contributed by atoms with Crippen molar-refractivity contribution < 1.29 is 14.3 Å². The summed E-state index contributed by atoms with van der Waals surface area (Å²) in [6.45, 7) is 2.73. The lowest BCUT2D eigenvalue weighted by Crippen LogP contribution is -2.10. The number of aldehydes is 1. The molecular formula is C28H26N2O3. The van der Waals surface area contributed by atoms with Crippen molar-refractivity contribution >= 4 is 6.29 Å². The third-order valence-electron chi connectivity index (χ3n) is 5.37. The first kappa shape index (κ1) is 22.2. The predicted octanol–water partition coefficient (Wildman–Crippen LogP) is 5.47. The fourth-order valence-electron chi connectivity index (χ4n) is 3.51. The van der Waals surface area contributed by atoms with Gasteiger partial charge < -0.3 is 14.3 Å². The van der Waals surface area contributed by atoms with Crippen LogP contribution in [-0.4, -0.2) is 16.3 Å². The average Bonchev–Trinajstić information content (AvgIpc) is 2.87. The minimum Gasteiger partial charge on any atom is -0.482 e. The van der Waals surface area contributed by atoms with Crippen LogP contribution < -0.4 is 9.47 Å². The summed E-state index contributed by atoms with van der Waals surface area (Å²) in [5.74, 6) is 0.492. The zero-order valence-corrected chi connectivity index (χ0v) is 18.6. The molecule has 1 heterocycles. The van der Waals surface area contributed by atoms with E-state index in [-0.39, 0.29) is 5.92 Å². The highest BCUT2D eigenvalue weighted by Crippen LogP contribution is 2.32. The summed E-state index contributed by atoms with van der Waals surface area (Å²) >= 11 is 0. The molecule has 1 atom stereocenters. The molecule has 0 bridgehead atoms. The van der Waals surface area contributed by atoms with E-state index in [0.29, 0.717) is 37.0 Å². The number of hydrogen-bond acceptors (Lipinski definition) is 5. The summed E-state index contributed by atoms with van der Waals surface area (Å²) in [7, 11) is 0. The van der Waals surface area contributed by atoms with E-state index in [4.69, 9.17) is 9.47 Å². The Bertz CT molecular complexity index is 1160. The molecule has 0 aliphatic rings. The Balaban J connectivity index is 1.61. The van der Waals surface area contributed by atoms with Gasteiger partial charge in [0.25, 0.3) is 5.88 Å². The fourth-order valence-corrected chi connectivity index (χ4v) is 3.51. The molecule has 0 aliphatic heterocycles. The first-order valence-corrected chi connectivity index (χ1v) is 10.9. The van der Waals surface area contributed by atoms with Gasteiger partial charge in [0.1, 0.15) is 25.8 Å². The summed E-state index contributed by atoms with van der Waals surface area (Å²) in [5, 5.41) is 0. The molecule has 0 saturated carbocycles. The summed E-state index contributed by atoms with van der Waals surface area (Å²) in [5.41, 5.74) is 4.77. The number of rotatable bonds is 10. The van der Waals surface area contributed by atoms with Crippen molar-refractivity contribution in [1.82, 2.24) is 9.97 Å². The molecule has 3 aromatic carbocycles. The Morgan fingerprint density at radius 2 is 1.39 bits per heavy atom. The largest absolute Gasteiger partial charge is 0.482 e. The van der Waals surface area contributed by atoms with Crippen LogP contribution >= 0.6 is 0 Å². The maximum absolute atomic E-state index is 12.0. The van der Waals surface area contributed by atoms with E-state index in [1.54, 1.807) is 0 Å². The van der Waals surface area contributed by atoms with Crippen LogP contribution in [-0.2, 0) is 24.4 Å². The van der Waals surface area contributed by atoms with Gasteiger partial charge in [0.15, 0.2) is 0 Å². The van der Waals surface area contributed by atoms with Crippen molar-refractivity contribution in [2.45, 2.75) is 32.5 Å². The highest BCUT2D eigenvalue weighted by atomic mass is 16.5. The van der Waals surface area contributed by atoms with Gasteiger partial charge in [0.2, 0.25) is 5.75 Å². The molecule has 33 heavy (non-hydrogen) atoms. The van der Waals surface area contributed by atoms with E-state index in [0.717, 1.165) is 28.5 Å². The molecule has 0 unspecified atom stereocenters. The minimum atomic E-state index is -0.346. The van der Waals surface area contributed by atoms with Gasteiger partial charge in [-0.1, -0.05) is 90.5 Å². The number of nitrogens with zero attached hydrogens (tertiary/aromatic N) is 2. The van der Waals surface area contributed by atoms with Crippen LogP contribution in [0, 0.1) is 6.92 Å². The molecule has 0 saturated heterocycles. The number of ether oxygens (including phenoxy) is 2. The number of benzene rings is 3. The van der Waals surface area contributed by atoms with Crippen LogP contribution in [0.15, 0.2) is 91.3 Å². The smallest absolute Gasteiger partial charge is 0.260 e. The normalized spacial score (nSPS) is 11.5. The van der Waals surface area contributed by atoms with Crippen LogP contribution in [0.4, 0.5) is 0 Å². The van der Waals surface area contributed by atoms with Crippen molar-refractivity contribution in [3.63, 3.8) is 0 Å². The summed E-state index contributed by atoms with van der Waals surface area (Å²) in [6.07, 6.45) is 2.81. The quantitative estimate of drug-likeness (QED) is 0.307. The van der Waals surface area contributed by atoms with E-state index >= 15 is 0 Å². The highest BCUT2D eigenvalue weighted by Gasteiger charge is 2.20. The number of aryl methyl sites for hydroxylation is 1. The molecule has 0 aliphatic carbocycles. The van der Waals surface area contributed by atoms with E-state index in [1.807, 2.05) is 91.9 Å². The van der Waals surface area contributed by atoms with Gasteiger partial charge in [0.05, 0.1) is 5.69 Å². The van der Waals surface area contributed by atoms with Gasteiger partial charge in [-0.2, -0.15) is 4.98 Å². The Morgan fingerprint density at radius 1 is 0.788 bits per heavy atom. The number of hydrogen-bond donors (Lipinski definition) is 0. The van der Waals surface area contributed by atoms with Crippen LogP contribution in [0.5, 0.6) is 11.6 Å². The second kappa shape index (κ2) is 11.0. The second-order valence-electron chi connectivity index (χ2n) is 7.86. The van der Waals surface area contributed by atoms with Crippen LogP contribution in [0.25, 0.3) is 0 Å². The molecular weight excluding hydrogens is 412 g/mol.